The van der Waals surface area contributed by atoms with Crippen LogP contribution >= 0.6 is 11.3 Å². The minimum atomic E-state index is -0.0139. The molecule has 0 unspecified atom stereocenters. The summed E-state index contributed by atoms with van der Waals surface area (Å²) in [6.45, 7) is 3.85. The Morgan fingerprint density at radius 2 is 1.96 bits per heavy atom. The number of rotatable bonds is 6. The lowest BCUT2D eigenvalue weighted by atomic mass is 10.0. The van der Waals surface area contributed by atoms with Gasteiger partial charge in [0.1, 0.15) is 0 Å². The minimum Gasteiger partial charge on any atom is -0.354 e. The topological polar surface area (TPSA) is 87.2 Å². The Balaban J connectivity index is 1.37. The summed E-state index contributed by atoms with van der Waals surface area (Å²) >= 11 is 1.50. The van der Waals surface area contributed by atoms with Gasteiger partial charge in [0.2, 0.25) is 11.9 Å². The van der Waals surface area contributed by atoms with Gasteiger partial charge >= 0.3 is 0 Å². The van der Waals surface area contributed by atoms with Gasteiger partial charge in [-0.3, -0.25) is 9.59 Å². The fraction of sp³-hybridized carbons (Fsp3) is 0.444. The molecule has 3 heterocycles. The van der Waals surface area contributed by atoms with Crippen molar-refractivity contribution >= 4 is 29.1 Å². The summed E-state index contributed by atoms with van der Waals surface area (Å²) in [5.41, 5.74) is 0. The molecule has 0 radical (unpaired) electrons. The van der Waals surface area contributed by atoms with Gasteiger partial charge < -0.3 is 15.5 Å². The number of aryl methyl sites for hydroxylation is 1. The molecule has 0 saturated carbocycles. The van der Waals surface area contributed by atoms with Gasteiger partial charge in [0.25, 0.3) is 5.91 Å². The fourth-order valence-corrected chi connectivity index (χ4v) is 3.69. The van der Waals surface area contributed by atoms with E-state index < -0.39 is 0 Å². The van der Waals surface area contributed by atoms with Crippen molar-refractivity contribution in [2.75, 3.05) is 25.0 Å². The van der Waals surface area contributed by atoms with E-state index in [1.807, 2.05) is 24.0 Å². The van der Waals surface area contributed by atoms with Crippen LogP contribution < -0.4 is 10.6 Å². The van der Waals surface area contributed by atoms with Crippen LogP contribution in [0.1, 0.15) is 33.8 Å². The summed E-state index contributed by atoms with van der Waals surface area (Å²) in [4.78, 5) is 36.4. The number of nitrogens with one attached hydrogen (secondary N) is 2. The first-order valence-corrected chi connectivity index (χ1v) is 9.59. The second-order valence-electron chi connectivity index (χ2n) is 6.29. The van der Waals surface area contributed by atoms with E-state index in [4.69, 9.17) is 0 Å². The third-order valence-corrected chi connectivity index (χ3v) is 5.33. The van der Waals surface area contributed by atoms with E-state index in [2.05, 4.69) is 20.6 Å². The van der Waals surface area contributed by atoms with Gasteiger partial charge in [-0.1, -0.05) is 0 Å². The summed E-state index contributed by atoms with van der Waals surface area (Å²) in [5.74, 6) is 0.637. The zero-order chi connectivity index (χ0) is 18.4. The van der Waals surface area contributed by atoms with Crippen molar-refractivity contribution in [3.63, 3.8) is 0 Å². The lowest BCUT2D eigenvalue weighted by Crippen LogP contribution is -2.46. The number of aromatic nitrogens is 2. The maximum Gasteiger partial charge on any atom is 0.261 e. The van der Waals surface area contributed by atoms with E-state index in [-0.39, 0.29) is 17.9 Å². The second kappa shape index (κ2) is 8.75. The highest BCUT2D eigenvalue weighted by Crippen LogP contribution is 2.17. The van der Waals surface area contributed by atoms with Crippen LogP contribution in [0.4, 0.5) is 5.95 Å². The Bertz CT molecular complexity index is 741. The summed E-state index contributed by atoms with van der Waals surface area (Å²) in [6.07, 6.45) is 5.30. The molecule has 1 aliphatic heterocycles. The molecule has 0 aliphatic carbocycles. The van der Waals surface area contributed by atoms with Crippen LogP contribution in [0.3, 0.4) is 0 Å². The lowest BCUT2D eigenvalue weighted by molar-refractivity contribution is -0.131. The van der Waals surface area contributed by atoms with E-state index in [0.29, 0.717) is 32.0 Å². The zero-order valence-electron chi connectivity index (χ0n) is 14.8. The lowest BCUT2D eigenvalue weighted by Gasteiger charge is -2.32. The first-order chi connectivity index (χ1) is 12.6. The van der Waals surface area contributed by atoms with Crippen molar-refractivity contribution in [3.8, 4) is 0 Å². The third kappa shape index (κ3) is 5.01. The van der Waals surface area contributed by atoms with Crippen molar-refractivity contribution in [1.29, 1.82) is 0 Å². The molecule has 8 heteroatoms. The van der Waals surface area contributed by atoms with E-state index in [0.717, 1.165) is 22.6 Å². The standard InChI is InChI=1S/C18H23N5O2S/c1-13-3-4-15(26-13)17(25)22-14-6-11-23(12-7-14)16(24)5-10-21-18-19-8-2-9-20-18/h2-4,8-9,14H,5-7,10-12H2,1H3,(H,22,25)(H,19,20,21). The molecule has 2 aromatic heterocycles. The van der Waals surface area contributed by atoms with E-state index in [1.165, 1.54) is 11.3 Å². The number of carbonyl (C=O) groups excluding carboxylic acids is 2. The number of likely N-dealkylation sites (tertiary alicyclic amines) is 1. The first kappa shape index (κ1) is 18.3. The molecule has 2 aromatic rings. The smallest absolute Gasteiger partial charge is 0.261 e. The van der Waals surface area contributed by atoms with Crippen LogP contribution in [0.2, 0.25) is 0 Å². The highest BCUT2D eigenvalue weighted by atomic mass is 32.1. The fourth-order valence-electron chi connectivity index (χ4n) is 2.92. The van der Waals surface area contributed by atoms with Crippen molar-refractivity contribution in [1.82, 2.24) is 20.2 Å². The number of thiophene rings is 1. The van der Waals surface area contributed by atoms with Gasteiger partial charge in [-0.05, 0) is 38.0 Å². The number of amides is 2. The molecule has 138 valence electrons. The largest absolute Gasteiger partial charge is 0.354 e. The molecular formula is C18H23N5O2S. The first-order valence-electron chi connectivity index (χ1n) is 8.78. The molecular weight excluding hydrogens is 350 g/mol. The predicted molar refractivity (Wildman–Crippen MR) is 101 cm³/mol. The molecule has 0 bridgehead atoms. The van der Waals surface area contributed by atoms with Gasteiger partial charge in [0.05, 0.1) is 4.88 Å². The molecule has 2 amide bonds. The highest BCUT2D eigenvalue weighted by molar-refractivity contribution is 7.13. The molecule has 3 rings (SSSR count). The number of piperidine rings is 1. The summed E-state index contributed by atoms with van der Waals surface area (Å²) in [7, 11) is 0. The maximum absolute atomic E-state index is 12.3. The molecule has 26 heavy (non-hydrogen) atoms. The Labute approximate surface area is 156 Å². The quantitative estimate of drug-likeness (QED) is 0.809. The van der Waals surface area contributed by atoms with Crippen LogP contribution in [0.5, 0.6) is 0 Å². The van der Waals surface area contributed by atoms with Crippen molar-refractivity contribution < 1.29 is 9.59 Å². The Morgan fingerprint density at radius 1 is 1.23 bits per heavy atom. The van der Waals surface area contributed by atoms with Gasteiger partial charge in [0, 0.05) is 49.4 Å². The summed E-state index contributed by atoms with van der Waals surface area (Å²) < 4.78 is 0. The zero-order valence-corrected chi connectivity index (χ0v) is 15.6. The minimum absolute atomic E-state index is 0.0139. The van der Waals surface area contributed by atoms with Crippen LogP contribution in [0, 0.1) is 6.92 Å². The SMILES string of the molecule is Cc1ccc(C(=O)NC2CCN(C(=O)CCNc3ncccn3)CC2)s1. The number of hydrogen-bond acceptors (Lipinski definition) is 6. The van der Waals surface area contributed by atoms with Crippen LogP contribution in [0.15, 0.2) is 30.6 Å². The monoisotopic (exact) mass is 373 g/mol. The molecule has 2 N–H and O–H groups in total. The highest BCUT2D eigenvalue weighted by Gasteiger charge is 2.24. The molecule has 1 saturated heterocycles. The predicted octanol–water partition coefficient (Wildman–Crippen LogP) is 2.07. The number of hydrogen-bond donors (Lipinski definition) is 2. The van der Waals surface area contributed by atoms with Crippen LogP contribution in [-0.2, 0) is 4.79 Å². The van der Waals surface area contributed by atoms with E-state index in [9.17, 15) is 9.59 Å². The average Bonchev–Trinajstić information content (AvgIpc) is 3.10. The summed E-state index contributed by atoms with van der Waals surface area (Å²) in [5, 5.41) is 6.12. The molecule has 7 nitrogen and oxygen atoms in total. The maximum atomic E-state index is 12.3. The Morgan fingerprint density at radius 3 is 2.62 bits per heavy atom. The van der Waals surface area contributed by atoms with Crippen LogP contribution in [0.25, 0.3) is 0 Å². The van der Waals surface area contributed by atoms with Crippen LogP contribution in [-0.4, -0.2) is 52.4 Å². The Kier molecular flexibility index (Phi) is 6.17. The normalized spacial score (nSPS) is 14.9. The number of nitrogens with zero attached hydrogens (tertiary/aromatic N) is 3. The summed E-state index contributed by atoms with van der Waals surface area (Å²) in [6, 6.07) is 5.69. The van der Waals surface area contributed by atoms with Crippen molar-refractivity contribution in [2.24, 2.45) is 0 Å². The van der Waals surface area contributed by atoms with E-state index >= 15 is 0 Å². The molecule has 0 atom stereocenters. The molecule has 0 spiro atoms. The average molecular weight is 373 g/mol. The van der Waals surface area contributed by atoms with Gasteiger partial charge in [-0.25, -0.2) is 9.97 Å². The molecule has 0 aromatic carbocycles. The van der Waals surface area contributed by atoms with Gasteiger partial charge in [-0.2, -0.15) is 0 Å². The molecule has 1 fully saturated rings. The van der Waals surface area contributed by atoms with Crippen molar-refractivity contribution in [2.45, 2.75) is 32.2 Å². The molecule has 1 aliphatic rings. The van der Waals surface area contributed by atoms with Gasteiger partial charge in [-0.15, -0.1) is 11.3 Å². The van der Waals surface area contributed by atoms with Gasteiger partial charge in [0.15, 0.2) is 0 Å². The number of anilines is 1. The third-order valence-electron chi connectivity index (χ3n) is 4.33. The Hall–Kier alpha value is -2.48. The number of carbonyl (C=O) groups is 2. The second-order valence-corrected chi connectivity index (χ2v) is 7.58. The van der Waals surface area contributed by atoms with Crippen molar-refractivity contribution in [3.05, 3.63) is 40.3 Å². The van der Waals surface area contributed by atoms with E-state index in [1.54, 1.807) is 18.5 Å².